The van der Waals surface area contributed by atoms with E-state index >= 15 is 0 Å². The number of hydrogen-bond donors (Lipinski definition) is 2. The number of rotatable bonds is 8. The molecule has 1 rings (SSSR count). The molecule has 1 aromatic carbocycles. The largest absolute Gasteiger partial charge is 0.497 e. The van der Waals surface area contributed by atoms with Crippen LogP contribution in [0.4, 0.5) is 0 Å². The molecule has 0 radical (unpaired) electrons. The van der Waals surface area contributed by atoms with Gasteiger partial charge in [-0.2, -0.15) is 0 Å². The quantitative estimate of drug-likeness (QED) is 0.745. The fourth-order valence-electron chi connectivity index (χ4n) is 1.92. The third kappa shape index (κ3) is 3.89. The summed E-state index contributed by atoms with van der Waals surface area (Å²) in [5.74, 6) is 1.56. The van der Waals surface area contributed by atoms with Gasteiger partial charge in [0.2, 0.25) is 0 Å². The van der Waals surface area contributed by atoms with Gasteiger partial charge in [0, 0.05) is 24.3 Å². The molecular weight excluding hydrogens is 230 g/mol. The van der Waals surface area contributed by atoms with E-state index in [9.17, 15) is 0 Å². The predicted molar refractivity (Wildman–Crippen MR) is 72.3 cm³/mol. The molecule has 1 aromatic rings. The molecule has 0 aliphatic rings. The zero-order valence-electron chi connectivity index (χ0n) is 11.4. The number of ether oxygens (including phenoxy) is 2. The molecule has 0 aromatic heterocycles. The van der Waals surface area contributed by atoms with Crippen molar-refractivity contribution in [1.29, 1.82) is 0 Å². The van der Waals surface area contributed by atoms with Crippen molar-refractivity contribution in [1.82, 2.24) is 5.32 Å². The van der Waals surface area contributed by atoms with Crippen molar-refractivity contribution < 1.29 is 14.6 Å². The van der Waals surface area contributed by atoms with E-state index in [-0.39, 0.29) is 12.6 Å². The Hall–Kier alpha value is -1.26. The Morgan fingerprint density at radius 1 is 1.28 bits per heavy atom. The van der Waals surface area contributed by atoms with Gasteiger partial charge in [-0.1, -0.05) is 13.0 Å². The Kier molecular flexibility index (Phi) is 6.54. The van der Waals surface area contributed by atoms with Crippen LogP contribution in [-0.4, -0.2) is 32.5 Å². The average Bonchev–Trinajstić information content (AvgIpc) is 2.42. The van der Waals surface area contributed by atoms with Crippen molar-refractivity contribution >= 4 is 0 Å². The van der Waals surface area contributed by atoms with Gasteiger partial charge in [-0.15, -0.1) is 0 Å². The van der Waals surface area contributed by atoms with Crippen LogP contribution < -0.4 is 14.8 Å². The number of methoxy groups -OCH3 is 2. The summed E-state index contributed by atoms with van der Waals surface area (Å²) in [5, 5.41) is 12.6. The molecule has 0 saturated carbocycles. The summed E-state index contributed by atoms with van der Waals surface area (Å²) in [7, 11) is 3.28. The maximum atomic E-state index is 9.16. The average molecular weight is 253 g/mol. The van der Waals surface area contributed by atoms with E-state index in [1.54, 1.807) is 14.2 Å². The molecule has 4 nitrogen and oxygen atoms in total. The number of benzene rings is 1. The van der Waals surface area contributed by atoms with Gasteiger partial charge in [-0.3, -0.25) is 0 Å². The van der Waals surface area contributed by atoms with E-state index in [1.165, 1.54) is 0 Å². The standard InChI is InChI=1S/C14H23NO3/c1-4-8-15-13(7-9-16)12-6-5-11(17-2)10-14(12)18-3/h5-6,10,13,15-16H,4,7-9H2,1-3H3. The maximum absolute atomic E-state index is 9.16. The molecule has 0 bridgehead atoms. The van der Waals surface area contributed by atoms with Crippen LogP contribution >= 0.6 is 0 Å². The number of hydrogen-bond acceptors (Lipinski definition) is 4. The van der Waals surface area contributed by atoms with Crippen molar-refractivity contribution in [3.05, 3.63) is 23.8 Å². The lowest BCUT2D eigenvalue weighted by atomic mass is 10.0. The van der Waals surface area contributed by atoms with E-state index in [4.69, 9.17) is 14.6 Å². The molecule has 18 heavy (non-hydrogen) atoms. The van der Waals surface area contributed by atoms with Crippen LogP contribution in [0.3, 0.4) is 0 Å². The lowest BCUT2D eigenvalue weighted by molar-refractivity contribution is 0.263. The van der Waals surface area contributed by atoms with Crippen LogP contribution in [0.5, 0.6) is 11.5 Å². The molecule has 0 spiro atoms. The number of aliphatic hydroxyl groups excluding tert-OH is 1. The highest BCUT2D eigenvalue weighted by atomic mass is 16.5. The Balaban J connectivity index is 2.94. The topological polar surface area (TPSA) is 50.7 Å². The third-order valence-corrected chi connectivity index (χ3v) is 2.87. The highest BCUT2D eigenvalue weighted by Gasteiger charge is 2.15. The first-order valence-corrected chi connectivity index (χ1v) is 6.33. The van der Waals surface area contributed by atoms with Crippen molar-refractivity contribution in [3.63, 3.8) is 0 Å². The monoisotopic (exact) mass is 253 g/mol. The molecule has 1 unspecified atom stereocenters. The zero-order chi connectivity index (χ0) is 13.4. The summed E-state index contributed by atoms with van der Waals surface area (Å²) in [5.41, 5.74) is 1.06. The second-order valence-corrected chi connectivity index (χ2v) is 4.13. The molecule has 0 aliphatic carbocycles. The van der Waals surface area contributed by atoms with E-state index in [0.29, 0.717) is 6.42 Å². The number of aliphatic hydroxyl groups is 1. The minimum Gasteiger partial charge on any atom is -0.497 e. The van der Waals surface area contributed by atoms with Crippen LogP contribution in [0.15, 0.2) is 18.2 Å². The van der Waals surface area contributed by atoms with Crippen LogP contribution in [0.2, 0.25) is 0 Å². The van der Waals surface area contributed by atoms with E-state index in [1.807, 2.05) is 18.2 Å². The van der Waals surface area contributed by atoms with Crippen LogP contribution in [0.1, 0.15) is 31.4 Å². The Morgan fingerprint density at radius 2 is 2.06 bits per heavy atom. The fourth-order valence-corrected chi connectivity index (χ4v) is 1.92. The van der Waals surface area contributed by atoms with Crippen LogP contribution in [0.25, 0.3) is 0 Å². The van der Waals surface area contributed by atoms with Gasteiger partial charge in [0.25, 0.3) is 0 Å². The second kappa shape index (κ2) is 7.95. The highest BCUT2D eigenvalue weighted by Crippen LogP contribution is 2.30. The van der Waals surface area contributed by atoms with Gasteiger partial charge in [0.05, 0.1) is 14.2 Å². The fraction of sp³-hybridized carbons (Fsp3) is 0.571. The zero-order valence-corrected chi connectivity index (χ0v) is 11.4. The summed E-state index contributed by atoms with van der Waals surface area (Å²) in [4.78, 5) is 0. The van der Waals surface area contributed by atoms with E-state index in [2.05, 4.69) is 12.2 Å². The summed E-state index contributed by atoms with van der Waals surface area (Å²) in [6.07, 6.45) is 1.73. The van der Waals surface area contributed by atoms with Gasteiger partial charge in [0.1, 0.15) is 11.5 Å². The van der Waals surface area contributed by atoms with Gasteiger partial charge in [0.15, 0.2) is 0 Å². The molecule has 0 aliphatic heterocycles. The van der Waals surface area contributed by atoms with Crippen LogP contribution in [-0.2, 0) is 0 Å². The normalized spacial score (nSPS) is 12.2. The molecule has 0 saturated heterocycles. The second-order valence-electron chi connectivity index (χ2n) is 4.13. The summed E-state index contributed by atoms with van der Waals surface area (Å²) >= 11 is 0. The first-order valence-electron chi connectivity index (χ1n) is 6.33. The lowest BCUT2D eigenvalue weighted by Gasteiger charge is -2.21. The van der Waals surface area contributed by atoms with E-state index in [0.717, 1.165) is 30.0 Å². The number of nitrogens with one attached hydrogen (secondary N) is 1. The van der Waals surface area contributed by atoms with Crippen LogP contribution in [0, 0.1) is 0 Å². The molecule has 2 N–H and O–H groups in total. The minimum absolute atomic E-state index is 0.107. The van der Waals surface area contributed by atoms with Gasteiger partial charge in [-0.25, -0.2) is 0 Å². The van der Waals surface area contributed by atoms with Crippen molar-refractivity contribution in [2.75, 3.05) is 27.4 Å². The SMILES string of the molecule is CCCNC(CCO)c1ccc(OC)cc1OC. The van der Waals surface area contributed by atoms with E-state index < -0.39 is 0 Å². The maximum Gasteiger partial charge on any atom is 0.127 e. The molecule has 0 fully saturated rings. The summed E-state index contributed by atoms with van der Waals surface area (Å²) in [6, 6.07) is 5.87. The van der Waals surface area contributed by atoms with Gasteiger partial charge in [-0.05, 0) is 25.5 Å². The lowest BCUT2D eigenvalue weighted by Crippen LogP contribution is -2.23. The summed E-state index contributed by atoms with van der Waals surface area (Å²) < 4.78 is 10.6. The van der Waals surface area contributed by atoms with Crippen molar-refractivity contribution in [3.8, 4) is 11.5 Å². The van der Waals surface area contributed by atoms with Crippen molar-refractivity contribution in [2.45, 2.75) is 25.8 Å². The van der Waals surface area contributed by atoms with Gasteiger partial charge < -0.3 is 19.9 Å². The summed E-state index contributed by atoms with van der Waals surface area (Å²) in [6.45, 7) is 3.19. The molecule has 1 atom stereocenters. The minimum atomic E-state index is 0.107. The third-order valence-electron chi connectivity index (χ3n) is 2.87. The Bertz CT molecular complexity index is 355. The van der Waals surface area contributed by atoms with Crippen molar-refractivity contribution in [2.24, 2.45) is 0 Å². The smallest absolute Gasteiger partial charge is 0.127 e. The molecule has 0 heterocycles. The highest BCUT2D eigenvalue weighted by molar-refractivity contribution is 5.42. The molecule has 4 heteroatoms. The first-order chi connectivity index (χ1) is 8.76. The molecular formula is C14H23NO3. The molecule has 0 amide bonds. The Morgan fingerprint density at radius 3 is 2.61 bits per heavy atom. The van der Waals surface area contributed by atoms with Gasteiger partial charge >= 0.3 is 0 Å². The Labute approximate surface area is 109 Å². The predicted octanol–water partition coefficient (Wildman–Crippen LogP) is 2.13. The molecule has 102 valence electrons. The first kappa shape index (κ1) is 14.8.